The Kier molecular flexibility index (Phi) is 6.62. The number of nitrogens with zero attached hydrogens (tertiary/aromatic N) is 4. The van der Waals surface area contributed by atoms with Crippen LogP contribution >= 0.6 is 0 Å². The molecule has 3 aliphatic heterocycles. The van der Waals surface area contributed by atoms with Crippen molar-refractivity contribution in [1.82, 2.24) is 25.5 Å². The van der Waals surface area contributed by atoms with Gasteiger partial charge in [0.2, 0.25) is 0 Å². The number of fused-ring (bicyclic) bond motifs is 1. The third-order valence-electron chi connectivity index (χ3n) is 6.86. The second-order valence-corrected chi connectivity index (χ2v) is 9.19. The summed E-state index contributed by atoms with van der Waals surface area (Å²) >= 11 is 0. The number of anilines is 1. The number of aromatic nitrogens is 2. The zero-order valence-electron chi connectivity index (χ0n) is 19.5. The van der Waals surface area contributed by atoms with Crippen LogP contribution in [0.1, 0.15) is 37.4 Å². The summed E-state index contributed by atoms with van der Waals surface area (Å²) in [6.45, 7) is 10.5. The minimum absolute atomic E-state index is 0.0224. The highest BCUT2D eigenvalue weighted by molar-refractivity contribution is 5.76. The van der Waals surface area contributed by atoms with E-state index in [2.05, 4.69) is 33.4 Å². The summed E-state index contributed by atoms with van der Waals surface area (Å²) in [5.74, 6) is 1.83. The first-order valence-electron chi connectivity index (χ1n) is 12.1. The van der Waals surface area contributed by atoms with Crippen LogP contribution < -0.4 is 15.5 Å². The first-order valence-corrected chi connectivity index (χ1v) is 12.1. The van der Waals surface area contributed by atoms with Crippen LogP contribution in [0.5, 0.6) is 0 Å². The standard InChI is InChI=1S/C24H34N6O3/c1-3-25-24(31)26-18-6-4-17(5-7-18)22-27-21-12-29(19-14-33-15-19)9-8-20(21)23(28-22)30-10-11-32-13-16(30)2/h4-6,16,18-19H,3,7-15H2,1-2H3,(H2,25,26,31)/t16-,18?/m0/s1. The molecule has 1 aliphatic carbocycles. The van der Waals surface area contributed by atoms with Gasteiger partial charge in [-0.25, -0.2) is 14.8 Å². The lowest BCUT2D eigenvalue weighted by molar-refractivity contribution is -0.0699. The van der Waals surface area contributed by atoms with E-state index in [9.17, 15) is 4.79 Å². The number of hydrogen-bond acceptors (Lipinski definition) is 7. The highest BCUT2D eigenvalue weighted by atomic mass is 16.5. The van der Waals surface area contributed by atoms with E-state index in [4.69, 9.17) is 19.4 Å². The van der Waals surface area contributed by atoms with Crippen molar-refractivity contribution < 1.29 is 14.3 Å². The summed E-state index contributed by atoms with van der Waals surface area (Å²) in [7, 11) is 0. The molecule has 0 aromatic carbocycles. The van der Waals surface area contributed by atoms with E-state index in [0.717, 1.165) is 81.8 Å². The molecule has 33 heavy (non-hydrogen) atoms. The van der Waals surface area contributed by atoms with Crippen molar-refractivity contribution in [2.75, 3.05) is 51.0 Å². The maximum atomic E-state index is 11.9. The van der Waals surface area contributed by atoms with Crippen molar-refractivity contribution in [3.63, 3.8) is 0 Å². The van der Waals surface area contributed by atoms with Gasteiger partial charge in [0.25, 0.3) is 0 Å². The molecule has 1 unspecified atom stereocenters. The van der Waals surface area contributed by atoms with E-state index in [1.807, 2.05) is 19.1 Å². The molecule has 1 aromatic rings. The highest BCUT2D eigenvalue weighted by Gasteiger charge is 2.33. The summed E-state index contributed by atoms with van der Waals surface area (Å²) in [5, 5.41) is 5.76. The molecular weight excluding hydrogens is 420 g/mol. The van der Waals surface area contributed by atoms with Gasteiger partial charge in [0, 0.05) is 37.3 Å². The first kappa shape index (κ1) is 22.3. The lowest BCUT2D eigenvalue weighted by atomic mass is 9.99. The molecule has 0 saturated carbocycles. The minimum atomic E-state index is -0.141. The molecule has 2 N–H and O–H groups in total. The van der Waals surface area contributed by atoms with E-state index in [1.165, 1.54) is 5.56 Å². The van der Waals surface area contributed by atoms with Crippen LogP contribution in [-0.4, -0.2) is 85.1 Å². The molecule has 4 aliphatic rings. The number of ether oxygens (including phenoxy) is 2. The second kappa shape index (κ2) is 9.79. The van der Waals surface area contributed by atoms with Crippen molar-refractivity contribution in [2.45, 2.75) is 51.4 Å². The predicted octanol–water partition coefficient (Wildman–Crippen LogP) is 1.49. The number of carbonyl (C=O) groups is 1. The lowest BCUT2D eigenvalue weighted by Gasteiger charge is -2.41. The Morgan fingerprint density at radius 3 is 2.79 bits per heavy atom. The number of rotatable bonds is 5. The van der Waals surface area contributed by atoms with Gasteiger partial charge in [-0.3, -0.25) is 4.90 Å². The van der Waals surface area contributed by atoms with Crippen LogP contribution in [0.25, 0.3) is 5.57 Å². The van der Waals surface area contributed by atoms with E-state index < -0.39 is 0 Å². The Morgan fingerprint density at radius 1 is 1.21 bits per heavy atom. The fourth-order valence-corrected chi connectivity index (χ4v) is 4.86. The normalized spacial score (nSPS) is 25.8. The Labute approximate surface area is 195 Å². The second-order valence-electron chi connectivity index (χ2n) is 9.19. The Hall–Kier alpha value is -2.49. The topological polar surface area (TPSA) is 91.9 Å². The average molecular weight is 455 g/mol. The SMILES string of the molecule is CCNC(=O)NC1C=CC(c2nc3c(c(N4CCOC[C@@H]4C)n2)CCN(C2COC2)C3)=CC1. The quantitative estimate of drug-likeness (QED) is 0.697. The van der Waals surface area contributed by atoms with E-state index in [0.29, 0.717) is 12.6 Å². The molecule has 2 amide bonds. The fraction of sp³-hybridized carbons (Fsp3) is 0.625. The molecule has 0 radical (unpaired) electrons. The summed E-state index contributed by atoms with van der Waals surface area (Å²) in [4.78, 5) is 26.9. The van der Waals surface area contributed by atoms with Crippen LogP contribution in [0, 0.1) is 0 Å². The number of carbonyl (C=O) groups excluding carboxylic acids is 1. The smallest absolute Gasteiger partial charge is 0.315 e. The molecule has 4 heterocycles. The molecular formula is C24H34N6O3. The third-order valence-corrected chi connectivity index (χ3v) is 6.86. The van der Waals surface area contributed by atoms with Crippen LogP contribution in [0.3, 0.4) is 0 Å². The summed E-state index contributed by atoms with van der Waals surface area (Å²) in [6, 6.07) is 0.617. The largest absolute Gasteiger partial charge is 0.378 e. The van der Waals surface area contributed by atoms with Crippen molar-refractivity contribution in [2.24, 2.45) is 0 Å². The van der Waals surface area contributed by atoms with Gasteiger partial charge in [0.05, 0.1) is 50.2 Å². The third kappa shape index (κ3) is 4.76. The fourth-order valence-electron chi connectivity index (χ4n) is 4.86. The van der Waals surface area contributed by atoms with E-state index in [1.54, 1.807) is 0 Å². The highest BCUT2D eigenvalue weighted by Crippen LogP contribution is 2.32. The van der Waals surface area contributed by atoms with Gasteiger partial charge in [0.1, 0.15) is 5.82 Å². The average Bonchev–Trinajstić information content (AvgIpc) is 2.78. The van der Waals surface area contributed by atoms with Crippen LogP contribution in [-0.2, 0) is 22.4 Å². The Bertz CT molecular complexity index is 944. The molecule has 0 spiro atoms. The van der Waals surface area contributed by atoms with Gasteiger partial charge >= 0.3 is 6.03 Å². The predicted molar refractivity (Wildman–Crippen MR) is 126 cm³/mol. The molecule has 178 valence electrons. The minimum Gasteiger partial charge on any atom is -0.378 e. The van der Waals surface area contributed by atoms with Gasteiger partial charge in [-0.05, 0) is 26.7 Å². The molecule has 1 aromatic heterocycles. The zero-order valence-corrected chi connectivity index (χ0v) is 19.5. The lowest BCUT2D eigenvalue weighted by Crippen LogP contribution is -2.51. The van der Waals surface area contributed by atoms with Crippen molar-refractivity contribution in [1.29, 1.82) is 0 Å². The number of urea groups is 1. The molecule has 0 bridgehead atoms. The summed E-state index contributed by atoms with van der Waals surface area (Å²) in [5.41, 5.74) is 3.42. The van der Waals surface area contributed by atoms with Gasteiger partial charge in [-0.2, -0.15) is 0 Å². The molecule has 9 nitrogen and oxygen atoms in total. The van der Waals surface area contributed by atoms with Gasteiger partial charge in [-0.1, -0.05) is 18.2 Å². The van der Waals surface area contributed by atoms with Crippen LogP contribution in [0.4, 0.5) is 10.6 Å². The molecule has 2 fully saturated rings. The maximum absolute atomic E-state index is 11.9. The summed E-state index contributed by atoms with van der Waals surface area (Å²) in [6.07, 6.45) is 7.88. The maximum Gasteiger partial charge on any atom is 0.315 e. The van der Waals surface area contributed by atoms with Crippen molar-refractivity contribution >= 4 is 17.4 Å². The van der Waals surface area contributed by atoms with Crippen LogP contribution in [0.15, 0.2) is 18.2 Å². The molecule has 9 heteroatoms. The summed E-state index contributed by atoms with van der Waals surface area (Å²) < 4.78 is 11.1. The number of nitrogens with one attached hydrogen (secondary N) is 2. The van der Waals surface area contributed by atoms with Gasteiger partial charge in [-0.15, -0.1) is 0 Å². The van der Waals surface area contributed by atoms with Crippen molar-refractivity contribution in [3.8, 4) is 0 Å². The number of allylic oxidation sites excluding steroid dienone is 2. The molecule has 5 rings (SSSR count). The van der Waals surface area contributed by atoms with E-state index in [-0.39, 0.29) is 18.1 Å². The monoisotopic (exact) mass is 454 g/mol. The van der Waals surface area contributed by atoms with E-state index >= 15 is 0 Å². The molecule has 2 saturated heterocycles. The van der Waals surface area contributed by atoms with Gasteiger partial charge in [0.15, 0.2) is 5.82 Å². The molecule has 2 atom stereocenters. The Morgan fingerprint density at radius 2 is 2.09 bits per heavy atom. The number of morpholine rings is 1. The number of hydrogen-bond donors (Lipinski definition) is 2. The van der Waals surface area contributed by atoms with Crippen LogP contribution in [0.2, 0.25) is 0 Å². The number of amides is 2. The zero-order chi connectivity index (χ0) is 22.8. The first-order chi connectivity index (χ1) is 16.1. The van der Waals surface area contributed by atoms with Crippen molar-refractivity contribution in [3.05, 3.63) is 35.3 Å². The van der Waals surface area contributed by atoms with Gasteiger partial charge < -0.3 is 25.0 Å². The Balaban J connectivity index is 1.42.